The van der Waals surface area contributed by atoms with Crippen molar-refractivity contribution >= 4 is 59.0 Å². The van der Waals surface area contributed by atoms with E-state index in [4.69, 9.17) is 21.1 Å². The Kier molecular flexibility index (Phi) is 22.6. The summed E-state index contributed by atoms with van der Waals surface area (Å²) in [4.78, 5) is 84.4. The minimum atomic E-state index is -1.17. The Morgan fingerprint density at radius 2 is 0.855 bits per heavy atom. The molecule has 610 valence electrons. The Morgan fingerprint density at radius 1 is 0.496 bits per heavy atom. The number of benzene rings is 3. The number of aromatic amines is 1. The number of nitrogens with zero attached hydrogens (tertiary/aromatic N) is 16. The first-order chi connectivity index (χ1) is 54.6. The van der Waals surface area contributed by atoms with E-state index in [0.717, 1.165) is 15.6 Å². The van der Waals surface area contributed by atoms with E-state index in [0.29, 0.717) is 48.1 Å². The summed E-state index contributed by atoms with van der Waals surface area (Å²) >= 11 is 6.23. The zero-order valence-corrected chi connectivity index (χ0v) is 66.8. The highest BCUT2D eigenvalue weighted by molar-refractivity contribution is 6.35. The van der Waals surface area contributed by atoms with Crippen LogP contribution in [0.5, 0.6) is 0 Å². The number of carbonyl (C=O) groups excluding carboxylic acids is 5. The zero-order valence-electron chi connectivity index (χ0n) is 66.1. The van der Waals surface area contributed by atoms with Crippen LogP contribution in [-0.4, -0.2) is 199 Å². The first-order valence-electron chi connectivity index (χ1n) is 37.1. The van der Waals surface area contributed by atoms with E-state index in [1.165, 1.54) is 76.1 Å². The monoisotopic (exact) mass is 1620 g/mol. The quantitative estimate of drug-likeness (QED) is 0.0701. The van der Waals surface area contributed by atoms with Gasteiger partial charge in [0, 0.05) is 89.1 Å². The number of rotatable bonds is 8. The van der Waals surface area contributed by atoms with Crippen LogP contribution < -0.4 is 20.0 Å². The average Bonchev–Trinajstić information content (AvgIpc) is 1.62. The maximum absolute atomic E-state index is 15.0. The molecule has 35 heteroatoms. The molecule has 9 aromatic rings. The van der Waals surface area contributed by atoms with Crippen molar-refractivity contribution in [3.63, 3.8) is 0 Å². The Hall–Kier alpha value is -12.2. The van der Waals surface area contributed by atoms with Crippen molar-refractivity contribution < 1.29 is 77.3 Å². The van der Waals surface area contributed by atoms with Gasteiger partial charge in [0.2, 0.25) is 0 Å². The largest absolute Gasteiger partial charge is 0.443 e. The summed E-state index contributed by atoms with van der Waals surface area (Å²) in [5, 5.41) is 110. The highest BCUT2D eigenvalue weighted by Crippen LogP contribution is 2.41. The van der Waals surface area contributed by atoms with Crippen LogP contribution in [0.15, 0.2) is 110 Å². The molecule has 6 aliphatic rings. The molecule has 0 aliphatic carbocycles. The van der Waals surface area contributed by atoms with Crippen LogP contribution in [-0.2, 0) is 29.1 Å². The number of H-pyrrole nitrogens is 1. The molecule has 0 unspecified atom stereocenters. The third-order valence-corrected chi connectivity index (χ3v) is 19.7. The molecule has 0 bridgehead atoms. The molecule has 6 atom stereocenters. The summed E-state index contributed by atoms with van der Waals surface area (Å²) < 4.78 is 57.6. The average molecular weight is 1620 g/mol. The molecule has 3 aromatic carbocycles. The van der Waals surface area contributed by atoms with Gasteiger partial charge in [0.05, 0.1) is 178 Å². The van der Waals surface area contributed by atoms with E-state index < -0.39 is 86.3 Å². The molecule has 0 spiro atoms. The minimum absolute atomic E-state index is 0.00660. The van der Waals surface area contributed by atoms with Crippen LogP contribution >= 0.6 is 11.6 Å². The van der Waals surface area contributed by atoms with Crippen LogP contribution in [0.4, 0.5) is 40.2 Å². The molecular formula is C82H86ClF3N18O13. The Labute approximate surface area is 675 Å². The number of anilines is 3. The second-order valence-electron chi connectivity index (χ2n) is 33.5. The highest BCUT2D eigenvalue weighted by atomic mass is 35.5. The number of piperidine rings is 3. The Bertz CT molecular complexity index is 5530. The number of aliphatic hydroxyl groups is 6. The fraction of sp³-hybridized carbons (Fsp3) is 0.390. The number of hydrogen-bond acceptors (Lipinski definition) is 25. The van der Waals surface area contributed by atoms with Crippen molar-refractivity contribution in [2.24, 2.45) is 0 Å². The zero-order chi connectivity index (χ0) is 85.2. The number of nitriles is 3. The first kappa shape index (κ1) is 84.2. The molecule has 117 heavy (non-hydrogen) atoms. The van der Waals surface area contributed by atoms with E-state index in [2.05, 4.69) is 40.7 Å². The lowest BCUT2D eigenvalue weighted by Crippen LogP contribution is -2.57. The summed E-state index contributed by atoms with van der Waals surface area (Å²) in [5.41, 5.74) is -5.24. The van der Waals surface area contributed by atoms with Gasteiger partial charge < -0.3 is 60.1 Å². The number of carbonyl (C=O) groups is 5. The second kappa shape index (κ2) is 31.4. The number of aromatic nitrogens is 9. The molecule has 6 aromatic heterocycles. The van der Waals surface area contributed by atoms with Gasteiger partial charge in [-0.1, -0.05) is 29.8 Å². The molecular weight excluding hydrogens is 1540 g/mol. The van der Waals surface area contributed by atoms with Crippen molar-refractivity contribution in [3.8, 4) is 63.4 Å². The number of amides is 5. The van der Waals surface area contributed by atoms with Gasteiger partial charge in [-0.15, -0.1) is 0 Å². The standard InChI is InChI=1S/C29H31FN6O5.C24H23FN6O3.C19H15ClFN3O3.C10H17N3O2/c1-27(2,3)41-26(38)35-13-20-24(25(35)37)21(11-19(32-20)23-17(12-31)7-6-8-18(23)30)36-10-9-22(33-36)34-15-28(4,39)14-29(5,40)16-34;1-23(33)11-24(2,34)13-30(12-23)19-6-7-31(29-19)18-8-16(28-17-10-27-22(32)21(17)18)20-14(9-26)4-3-5-15(20)25;1-19(2,3)27-18(26)24-9-14-16(17(24)25)11(20)7-13(23-14)15-10(8-22)5-4-6-12(15)21;1-9(14)5-10(2,15)7-13(6-9)8-3-4-11-12-8/h6-11,39-40H,13-16H2,1-5H3;3-8,33-34H,10-13H2,1-2H3,(H,27,32);4-7H,9H2,1-3H3;3-4,14-15H,5-7H2,1-2H3,(H,11,12)/t28-,29-;23-,24-;;9-,10-/m00.0/s1. The molecule has 0 radical (unpaired) electrons. The minimum Gasteiger partial charge on any atom is -0.443 e. The van der Waals surface area contributed by atoms with Gasteiger partial charge in [0.25, 0.3) is 17.7 Å². The van der Waals surface area contributed by atoms with Crippen LogP contribution in [0.1, 0.15) is 167 Å². The third kappa shape index (κ3) is 18.7. The summed E-state index contributed by atoms with van der Waals surface area (Å²) in [6, 6.07) is 27.8. The number of β-amino-alcohol motifs (C(OH)–C–C–N with tert-alkyl or cyclic N) is 6. The molecule has 12 heterocycles. The molecule has 3 fully saturated rings. The predicted molar refractivity (Wildman–Crippen MR) is 418 cm³/mol. The fourth-order valence-electron chi connectivity index (χ4n) is 15.7. The maximum atomic E-state index is 15.0. The number of ether oxygens (including phenoxy) is 2. The number of halogens is 4. The van der Waals surface area contributed by atoms with Crippen molar-refractivity contribution in [1.29, 1.82) is 15.8 Å². The summed E-state index contributed by atoms with van der Waals surface area (Å²) in [6.07, 6.45) is 4.06. The Morgan fingerprint density at radius 3 is 1.23 bits per heavy atom. The molecule has 3 saturated heterocycles. The lowest BCUT2D eigenvalue weighted by Gasteiger charge is -2.45. The summed E-state index contributed by atoms with van der Waals surface area (Å²) in [7, 11) is 0. The van der Waals surface area contributed by atoms with E-state index in [1.54, 1.807) is 130 Å². The maximum Gasteiger partial charge on any atom is 0.417 e. The van der Waals surface area contributed by atoms with Crippen molar-refractivity contribution in [3.05, 3.63) is 183 Å². The van der Waals surface area contributed by atoms with Gasteiger partial charge in [0.15, 0.2) is 11.6 Å². The topological polar surface area (TPSA) is 428 Å². The molecule has 0 saturated carbocycles. The fourth-order valence-corrected chi connectivity index (χ4v) is 15.9. The van der Waals surface area contributed by atoms with E-state index in [-0.39, 0.29) is 148 Å². The lowest BCUT2D eigenvalue weighted by atomic mass is 9.84. The molecule has 31 nitrogen and oxygen atoms in total. The predicted octanol–water partition coefficient (Wildman–Crippen LogP) is 9.87. The van der Waals surface area contributed by atoms with Gasteiger partial charge in [-0.2, -0.15) is 31.1 Å². The highest BCUT2D eigenvalue weighted by Gasteiger charge is 2.46. The lowest BCUT2D eigenvalue weighted by molar-refractivity contribution is -0.0591. The number of pyridine rings is 3. The van der Waals surface area contributed by atoms with Crippen molar-refractivity contribution in [2.75, 3.05) is 54.0 Å². The van der Waals surface area contributed by atoms with Gasteiger partial charge >= 0.3 is 12.2 Å². The molecule has 6 aliphatic heterocycles. The SMILES string of the molecule is CC(C)(C)OC(=O)N1Cc2nc(-c3c(F)cccc3C#N)cc(-n3ccc(N4C[C@@](C)(O)C[C@](C)(O)C4)n3)c2C1=O.CC(C)(C)OC(=O)N1Cc2nc(-c3c(F)cccc3C#N)cc(Cl)c2C1=O.C[C@@]1(O)CN(c2ccn(-c3cc(-c4c(F)cccc4C#N)nc4c3C(=O)NC4)n2)C[C@@](C)(O)C1.C[C@@]1(O)CN(c2ccn[nH]2)C[C@@](C)(O)C1. The van der Waals surface area contributed by atoms with E-state index in [9.17, 15) is 79.2 Å². The molecule has 15 rings (SSSR count). The van der Waals surface area contributed by atoms with Crippen molar-refractivity contribution in [2.45, 2.75) is 167 Å². The first-order valence-corrected chi connectivity index (χ1v) is 37.4. The van der Waals surface area contributed by atoms with Crippen LogP contribution in [0.2, 0.25) is 5.02 Å². The molecule has 8 N–H and O–H groups in total. The van der Waals surface area contributed by atoms with Crippen LogP contribution in [0.3, 0.4) is 0 Å². The summed E-state index contributed by atoms with van der Waals surface area (Å²) in [6.45, 7) is 22.0. The van der Waals surface area contributed by atoms with Crippen LogP contribution in [0.25, 0.3) is 45.1 Å². The number of nitrogens with one attached hydrogen (secondary N) is 2. The van der Waals surface area contributed by atoms with Gasteiger partial charge in [-0.3, -0.25) is 19.5 Å². The van der Waals surface area contributed by atoms with Gasteiger partial charge in [-0.05, 0) is 138 Å². The number of fused-ring (bicyclic) bond motifs is 3. The van der Waals surface area contributed by atoms with E-state index in [1.807, 2.05) is 29.2 Å². The smallest absolute Gasteiger partial charge is 0.417 e. The van der Waals surface area contributed by atoms with Crippen LogP contribution in [0, 0.1) is 51.4 Å². The normalized spacial score (nSPS) is 22.7. The second-order valence-corrected chi connectivity index (χ2v) is 33.9. The van der Waals surface area contributed by atoms with E-state index >= 15 is 4.39 Å². The molecule has 5 amide bonds. The van der Waals surface area contributed by atoms with Gasteiger partial charge in [-0.25, -0.2) is 56.9 Å². The third-order valence-electron chi connectivity index (χ3n) is 19.4. The summed E-state index contributed by atoms with van der Waals surface area (Å²) in [5.74, 6) is -1.73. The Balaban J connectivity index is 0.000000151. The number of hydrogen-bond donors (Lipinski definition) is 8. The van der Waals surface area contributed by atoms with Crippen molar-refractivity contribution in [1.82, 2.24) is 59.8 Å². The van der Waals surface area contributed by atoms with Gasteiger partial charge in [0.1, 0.15) is 34.5 Å². The number of imide groups is 2.